The van der Waals surface area contributed by atoms with Gasteiger partial charge in [0.05, 0.1) is 23.0 Å². The van der Waals surface area contributed by atoms with E-state index in [9.17, 15) is 18.0 Å². The monoisotopic (exact) mass is 521 g/mol. The third-order valence-electron chi connectivity index (χ3n) is 5.86. The van der Waals surface area contributed by atoms with Crippen LogP contribution >= 0.6 is 0 Å². The van der Waals surface area contributed by atoms with E-state index in [2.05, 4.69) is 30.7 Å². The van der Waals surface area contributed by atoms with Crippen LogP contribution in [0.4, 0.5) is 36.3 Å². The van der Waals surface area contributed by atoms with Gasteiger partial charge in [-0.15, -0.1) is 0 Å². The molecule has 0 aliphatic rings. The van der Waals surface area contributed by atoms with Gasteiger partial charge in [0.1, 0.15) is 0 Å². The summed E-state index contributed by atoms with van der Waals surface area (Å²) >= 11 is 0. The zero-order valence-electron chi connectivity index (χ0n) is 20.5. The van der Waals surface area contributed by atoms with Crippen molar-refractivity contribution in [2.45, 2.75) is 20.0 Å². The summed E-state index contributed by atoms with van der Waals surface area (Å²) in [4.78, 5) is 25.3. The molecule has 5 rings (SSSR count). The molecule has 0 atom stereocenters. The molecule has 3 aromatic heterocycles. The first kappa shape index (κ1) is 24.7. The van der Waals surface area contributed by atoms with Gasteiger partial charge in [-0.25, -0.2) is 14.6 Å². The lowest BCUT2D eigenvalue weighted by Crippen LogP contribution is -2.15. The number of hydrogen-bond donors (Lipinski definition) is 3. The smallest absolute Gasteiger partial charge is 0.368 e. The van der Waals surface area contributed by atoms with Crippen molar-refractivity contribution in [3.8, 4) is 5.69 Å². The SMILES string of the molecule is Cc1cn(-c2cc(C(=O)Nc3ccc(C)c(Nc4nn(C)c5nc(N)ncc45)c3)cc(C(F)(F)F)c2)cn1. The van der Waals surface area contributed by atoms with Crippen molar-refractivity contribution in [2.75, 3.05) is 16.4 Å². The minimum absolute atomic E-state index is 0.119. The Balaban J connectivity index is 1.45. The van der Waals surface area contributed by atoms with Crippen molar-refractivity contribution in [1.29, 1.82) is 0 Å². The number of benzene rings is 2. The summed E-state index contributed by atoms with van der Waals surface area (Å²) in [5.41, 5.74) is 7.76. The number of aromatic nitrogens is 6. The molecule has 38 heavy (non-hydrogen) atoms. The van der Waals surface area contributed by atoms with Crippen LogP contribution in [0.2, 0.25) is 0 Å². The van der Waals surface area contributed by atoms with Crippen molar-refractivity contribution in [3.05, 3.63) is 77.5 Å². The first-order valence-corrected chi connectivity index (χ1v) is 11.4. The van der Waals surface area contributed by atoms with Crippen LogP contribution in [0, 0.1) is 13.8 Å². The summed E-state index contributed by atoms with van der Waals surface area (Å²) in [5, 5.41) is 11.0. The summed E-state index contributed by atoms with van der Waals surface area (Å²) < 4.78 is 43.8. The molecule has 0 bridgehead atoms. The average molecular weight is 522 g/mol. The van der Waals surface area contributed by atoms with E-state index in [0.29, 0.717) is 33.9 Å². The van der Waals surface area contributed by atoms with E-state index in [-0.39, 0.29) is 17.2 Å². The maximum Gasteiger partial charge on any atom is 0.416 e. The lowest BCUT2D eigenvalue weighted by atomic mass is 10.1. The van der Waals surface area contributed by atoms with Gasteiger partial charge in [-0.1, -0.05) is 6.07 Å². The van der Waals surface area contributed by atoms with Gasteiger partial charge in [0.2, 0.25) is 5.95 Å². The highest BCUT2D eigenvalue weighted by molar-refractivity contribution is 6.05. The highest BCUT2D eigenvalue weighted by Crippen LogP contribution is 2.32. The van der Waals surface area contributed by atoms with Crippen molar-refractivity contribution in [2.24, 2.45) is 7.05 Å². The molecule has 0 unspecified atom stereocenters. The largest absolute Gasteiger partial charge is 0.416 e. The third kappa shape index (κ3) is 4.85. The molecule has 0 radical (unpaired) electrons. The number of carbonyl (C=O) groups excluding carboxylic acids is 1. The Morgan fingerprint density at radius 2 is 1.87 bits per heavy atom. The quantitative estimate of drug-likeness (QED) is 0.304. The number of nitrogens with zero attached hydrogens (tertiary/aromatic N) is 6. The van der Waals surface area contributed by atoms with E-state index < -0.39 is 17.6 Å². The van der Waals surface area contributed by atoms with E-state index in [1.54, 1.807) is 49.2 Å². The van der Waals surface area contributed by atoms with Gasteiger partial charge in [-0.2, -0.15) is 23.3 Å². The summed E-state index contributed by atoms with van der Waals surface area (Å²) in [6, 6.07) is 8.27. The minimum Gasteiger partial charge on any atom is -0.368 e. The number of alkyl halides is 3. The number of anilines is 4. The van der Waals surface area contributed by atoms with E-state index in [1.165, 1.54) is 17.0 Å². The van der Waals surface area contributed by atoms with Gasteiger partial charge in [0.15, 0.2) is 11.5 Å². The molecule has 5 aromatic rings. The molecule has 3 heterocycles. The zero-order chi connectivity index (χ0) is 27.2. The van der Waals surface area contributed by atoms with Crippen molar-refractivity contribution in [1.82, 2.24) is 29.3 Å². The second-order valence-electron chi connectivity index (χ2n) is 8.74. The molecule has 0 aliphatic carbocycles. The molecule has 0 fully saturated rings. The number of carbonyl (C=O) groups is 1. The molecule has 1 amide bonds. The Morgan fingerprint density at radius 1 is 1.08 bits per heavy atom. The predicted octanol–water partition coefficient (Wildman–Crippen LogP) is 4.76. The fourth-order valence-electron chi connectivity index (χ4n) is 3.93. The average Bonchev–Trinajstić information content (AvgIpc) is 3.43. The summed E-state index contributed by atoms with van der Waals surface area (Å²) in [6.45, 7) is 3.58. The van der Waals surface area contributed by atoms with Gasteiger partial charge in [-0.3, -0.25) is 4.79 Å². The number of imidazole rings is 1. The number of rotatable bonds is 5. The maximum atomic E-state index is 13.6. The van der Waals surface area contributed by atoms with Crippen LogP contribution in [0.1, 0.15) is 27.2 Å². The number of nitrogen functional groups attached to an aromatic ring is 1. The standard InChI is InChI=1S/C25H22F3N9O/c1-13-4-5-17(9-20(13)33-21-19-10-30-24(29)34-22(19)36(3)35-21)32-23(38)15-6-16(25(26,27)28)8-18(7-15)37-11-14(2)31-12-37/h4-12H,1-3H3,(H,32,38)(H,33,35)(H2,29,30,34). The molecule has 10 nitrogen and oxygen atoms in total. The molecule has 0 saturated heterocycles. The topological polar surface area (TPSA) is 129 Å². The van der Waals surface area contributed by atoms with Crippen LogP contribution in [0.25, 0.3) is 16.7 Å². The number of hydrogen-bond acceptors (Lipinski definition) is 7. The summed E-state index contributed by atoms with van der Waals surface area (Å²) in [6.07, 6.45) is -0.108. The number of halogens is 3. The molecule has 194 valence electrons. The lowest BCUT2D eigenvalue weighted by molar-refractivity contribution is -0.137. The molecule has 0 aliphatic heterocycles. The van der Waals surface area contributed by atoms with Gasteiger partial charge in [-0.05, 0) is 49.7 Å². The van der Waals surface area contributed by atoms with E-state index >= 15 is 0 Å². The van der Waals surface area contributed by atoms with Crippen LogP contribution in [0.3, 0.4) is 0 Å². The number of amides is 1. The fraction of sp³-hybridized carbons (Fsp3) is 0.160. The predicted molar refractivity (Wildman–Crippen MR) is 136 cm³/mol. The number of fused-ring (bicyclic) bond motifs is 1. The molecule has 4 N–H and O–H groups in total. The van der Waals surface area contributed by atoms with Gasteiger partial charge >= 0.3 is 6.18 Å². The van der Waals surface area contributed by atoms with Crippen LogP contribution in [-0.4, -0.2) is 35.2 Å². The molecule has 13 heteroatoms. The zero-order valence-corrected chi connectivity index (χ0v) is 20.5. The van der Waals surface area contributed by atoms with Crippen LogP contribution in [-0.2, 0) is 13.2 Å². The molecule has 0 spiro atoms. The minimum atomic E-state index is -4.64. The second kappa shape index (κ2) is 9.18. The molecule has 2 aromatic carbocycles. The Morgan fingerprint density at radius 3 is 2.58 bits per heavy atom. The Kier molecular flexibility index (Phi) is 5.97. The molecular weight excluding hydrogens is 499 g/mol. The number of nitrogens with one attached hydrogen (secondary N) is 2. The van der Waals surface area contributed by atoms with Crippen LogP contribution in [0.5, 0.6) is 0 Å². The highest BCUT2D eigenvalue weighted by atomic mass is 19.4. The van der Waals surface area contributed by atoms with Crippen molar-refractivity contribution >= 4 is 40.1 Å². The van der Waals surface area contributed by atoms with Gasteiger partial charge in [0, 0.05) is 42.1 Å². The number of nitrogens with two attached hydrogens (primary N) is 1. The number of aryl methyl sites for hydroxylation is 3. The van der Waals surface area contributed by atoms with Crippen LogP contribution in [0.15, 0.2) is 55.1 Å². The Labute approximate surface area is 214 Å². The molecular formula is C25H22F3N9O. The Hall–Kier alpha value is -4.94. The first-order valence-electron chi connectivity index (χ1n) is 11.4. The van der Waals surface area contributed by atoms with Gasteiger partial charge in [0.25, 0.3) is 5.91 Å². The van der Waals surface area contributed by atoms with Crippen molar-refractivity contribution in [3.63, 3.8) is 0 Å². The van der Waals surface area contributed by atoms with Gasteiger partial charge < -0.3 is 20.9 Å². The van der Waals surface area contributed by atoms with Crippen molar-refractivity contribution < 1.29 is 18.0 Å². The highest BCUT2D eigenvalue weighted by Gasteiger charge is 2.32. The summed E-state index contributed by atoms with van der Waals surface area (Å²) in [5.74, 6) is -0.0998. The first-order chi connectivity index (χ1) is 18.0. The maximum absolute atomic E-state index is 13.6. The van der Waals surface area contributed by atoms with E-state index in [0.717, 1.165) is 17.7 Å². The molecule has 0 saturated carbocycles. The fourth-order valence-corrected chi connectivity index (χ4v) is 3.93. The Bertz CT molecular complexity index is 1690. The van der Waals surface area contributed by atoms with E-state index in [4.69, 9.17) is 5.73 Å². The summed E-state index contributed by atoms with van der Waals surface area (Å²) in [7, 11) is 1.72. The third-order valence-corrected chi connectivity index (χ3v) is 5.86. The lowest BCUT2D eigenvalue weighted by Gasteiger charge is -2.14. The second-order valence-corrected chi connectivity index (χ2v) is 8.74. The van der Waals surface area contributed by atoms with E-state index in [1.807, 2.05) is 6.92 Å². The normalized spacial score (nSPS) is 11.6. The van der Waals surface area contributed by atoms with Crippen LogP contribution < -0.4 is 16.4 Å².